The molecule has 0 bridgehead atoms. The van der Waals surface area contributed by atoms with E-state index in [0.717, 1.165) is 0 Å². The van der Waals surface area contributed by atoms with Crippen molar-refractivity contribution in [1.82, 2.24) is 14.6 Å². The number of nitrogen functional groups attached to an aromatic ring is 1. The van der Waals surface area contributed by atoms with Crippen molar-refractivity contribution in [2.45, 2.75) is 6.61 Å². The van der Waals surface area contributed by atoms with Crippen LogP contribution in [0.2, 0.25) is 0 Å². The molecule has 96 valence electrons. The van der Waals surface area contributed by atoms with Crippen molar-refractivity contribution in [1.29, 1.82) is 0 Å². The maximum Gasteiger partial charge on any atom is 0.189 e. The average molecular weight is 258 g/mol. The number of pyridine rings is 1. The summed E-state index contributed by atoms with van der Waals surface area (Å²) in [6, 6.07) is 9.71. The van der Waals surface area contributed by atoms with Crippen molar-refractivity contribution in [2.24, 2.45) is 0 Å². The van der Waals surface area contributed by atoms with Crippen LogP contribution in [0.25, 0.3) is 5.65 Å². The van der Waals surface area contributed by atoms with E-state index in [9.17, 15) is 4.39 Å². The molecule has 0 amide bonds. The molecule has 1 aromatic carbocycles. The Kier molecular flexibility index (Phi) is 2.75. The summed E-state index contributed by atoms with van der Waals surface area (Å²) in [4.78, 5) is 4.25. The summed E-state index contributed by atoms with van der Waals surface area (Å²) in [5.41, 5.74) is 6.91. The van der Waals surface area contributed by atoms with Crippen molar-refractivity contribution >= 4 is 11.3 Å². The number of halogens is 1. The fourth-order valence-electron chi connectivity index (χ4n) is 1.71. The number of rotatable bonds is 3. The van der Waals surface area contributed by atoms with Crippen molar-refractivity contribution in [3.63, 3.8) is 0 Å². The van der Waals surface area contributed by atoms with Gasteiger partial charge in [-0.15, -0.1) is 5.10 Å². The highest BCUT2D eigenvalue weighted by Crippen LogP contribution is 2.16. The Morgan fingerprint density at radius 2 is 2.05 bits per heavy atom. The number of ether oxygens (including phenoxy) is 1. The molecular formula is C13H11FN4O. The van der Waals surface area contributed by atoms with E-state index >= 15 is 0 Å². The Labute approximate surface area is 108 Å². The minimum absolute atomic E-state index is 0.0997. The fraction of sp³-hybridized carbons (Fsp3) is 0.0769. The van der Waals surface area contributed by atoms with E-state index in [0.29, 0.717) is 17.2 Å². The molecule has 0 radical (unpaired) electrons. The molecule has 5 nitrogen and oxygen atoms in total. The van der Waals surface area contributed by atoms with Gasteiger partial charge in [0.25, 0.3) is 0 Å². The van der Waals surface area contributed by atoms with Gasteiger partial charge in [0, 0.05) is 0 Å². The maximum atomic E-state index is 13.4. The predicted octanol–water partition coefficient (Wildman–Crippen LogP) is 2.03. The third-order valence-electron chi connectivity index (χ3n) is 2.59. The lowest BCUT2D eigenvalue weighted by atomic mass is 10.3. The molecule has 2 aromatic heterocycles. The van der Waals surface area contributed by atoms with Crippen LogP contribution >= 0.6 is 0 Å². The lowest BCUT2D eigenvalue weighted by Gasteiger charge is -2.03. The van der Waals surface area contributed by atoms with Crippen LogP contribution in [-0.2, 0) is 6.61 Å². The zero-order valence-corrected chi connectivity index (χ0v) is 9.95. The molecule has 3 rings (SSSR count). The van der Waals surface area contributed by atoms with E-state index in [1.165, 1.54) is 6.07 Å². The minimum Gasteiger partial charge on any atom is -0.482 e. The Hall–Kier alpha value is -2.63. The molecule has 0 aliphatic rings. The molecule has 0 spiro atoms. The molecule has 2 heterocycles. The first kappa shape index (κ1) is 11.5. The fourth-order valence-corrected chi connectivity index (χ4v) is 1.71. The Morgan fingerprint density at radius 3 is 2.89 bits per heavy atom. The number of nitrogens with two attached hydrogens (primary N) is 1. The van der Waals surface area contributed by atoms with Crippen molar-refractivity contribution in [2.75, 3.05) is 5.73 Å². The van der Waals surface area contributed by atoms with Crippen molar-refractivity contribution in [3.05, 3.63) is 54.2 Å². The van der Waals surface area contributed by atoms with Gasteiger partial charge in [-0.05, 0) is 24.3 Å². The highest BCUT2D eigenvalue weighted by atomic mass is 19.1. The smallest absolute Gasteiger partial charge is 0.189 e. The van der Waals surface area contributed by atoms with E-state index in [1.54, 1.807) is 41.0 Å². The number of hydrogen-bond donors (Lipinski definition) is 1. The van der Waals surface area contributed by atoms with Crippen LogP contribution in [0.5, 0.6) is 5.75 Å². The number of nitrogens with zero attached hydrogens (tertiary/aromatic N) is 3. The molecule has 0 saturated heterocycles. The predicted molar refractivity (Wildman–Crippen MR) is 68.1 cm³/mol. The van der Waals surface area contributed by atoms with Crippen LogP contribution in [0.1, 0.15) is 5.82 Å². The number of fused-ring (bicyclic) bond motifs is 1. The number of benzene rings is 1. The average Bonchev–Trinajstić information content (AvgIpc) is 2.79. The number of anilines is 1. The lowest BCUT2D eigenvalue weighted by molar-refractivity contribution is 0.281. The molecule has 2 N–H and O–H groups in total. The van der Waals surface area contributed by atoms with Gasteiger partial charge in [-0.3, -0.25) is 0 Å². The Morgan fingerprint density at radius 1 is 1.21 bits per heavy atom. The summed E-state index contributed by atoms with van der Waals surface area (Å²) in [7, 11) is 0. The van der Waals surface area contributed by atoms with Gasteiger partial charge in [-0.1, -0.05) is 12.1 Å². The van der Waals surface area contributed by atoms with Crippen molar-refractivity contribution in [3.8, 4) is 5.75 Å². The lowest BCUT2D eigenvalue weighted by Crippen LogP contribution is -1.99. The zero-order chi connectivity index (χ0) is 13.2. The summed E-state index contributed by atoms with van der Waals surface area (Å²) in [6.45, 7) is 0.0997. The van der Waals surface area contributed by atoms with E-state index < -0.39 is 5.82 Å². The molecule has 0 aliphatic carbocycles. The van der Waals surface area contributed by atoms with Crippen LogP contribution in [-0.4, -0.2) is 14.6 Å². The monoisotopic (exact) mass is 258 g/mol. The van der Waals surface area contributed by atoms with Crippen LogP contribution < -0.4 is 10.5 Å². The largest absolute Gasteiger partial charge is 0.482 e. The van der Waals surface area contributed by atoms with E-state index in [1.807, 2.05) is 0 Å². The second kappa shape index (κ2) is 4.56. The highest BCUT2D eigenvalue weighted by Gasteiger charge is 2.06. The first-order chi connectivity index (χ1) is 9.22. The summed E-state index contributed by atoms with van der Waals surface area (Å²) in [5.74, 6) is 0.241. The van der Waals surface area contributed by atoms with Gasteiger partial charge in [0.15, 0.2) is 23.0 Å². The summed E-state index contributed by atoms with van der Waals surface area (Å²) >= 11 is 0. The Bertz CT molecular complexity index is 725. The molecule has 3 aromatic rings. The topological polar surface area (TPSA) is 65.4 Å². The van der Waals surface area contributed by atoms with Gasteiger partial charge in [-0.2, -0.15) is 0 Å². The van der Waals surface area contributed by atoms with Gasteiger partial charge in [0.1, 0.15) is 6.61 Å². The molecule has 0 aliphatic heterocycles. The zero-order valence-electron chi connectivity index (χ0n) is 9.95. The van der Waals surface area contributed by atoms with E-state index in [-0.39, 0.29) is 12.4 Å². The van der Waals surface area contributed by atoms with Crippen LogP contribution in [0.15, 0.2) is 42.6 Å². The Balaban J connectivity index is 1.80. The van der Waals surface area contributed by atoms with E-state index in [2.05, 4.69) is 10.1 Å². The van der Waals surface area contributed by atoms with Gasteiger partial charge >= 0.3 is 0 Å². The number of aromatic nitrogens is 3. The quantitative estimate of drug-likeness (QED) is 0.780. The van der Waals surface area contributed by atoms with Gasteiger partial charge < -0.3 is 10.5 Å². The summed E-state index contributed by atoms with van der Waals surface area (Å²) in [6.07, 6.45) is 1.66. The first-order valence-electron chi connectivity index (χ1n) is 5.70. The summed E-state index contributed by atoms with van der Waals surface area (Å²) < 4.78 is 20.3. The van der Waals surface area contributed by atoms with Gasteiger partial charge in [-0.25, -0.2) is 13.9 Å². The molecular weight excluding hydrogens is 247 g/mol. The second-order valence-electron chi connectivity index (χ2n) is 4.01. The van der Waals surface area contributed by atoms with Gasteiger partial charge in [0.2, 0.25) is 0 Å². The maximum absolute atomic E-state index is 13.4. The molecule has 19 heavy (non-hydrogen) atoms. The van der Waals surface area contributed by atoms with Gasteiger partial charge in [0.05, 0.1) is 11.9 Å². The third-order valence-corrected chi connectivity index (χ3v) is 2.59. The number of para-hydroxylation sites is 1. The second-order valence-corrected chi connectivity index (χ2v) is 4.01. The first-order valence-corrected chi connectivity index (χ1v) is 5.70. The molecule has 0 unspecified atom stereocenters. The SMILES string of the molecule is Nc1ccc2nc(COc3ccccc3F)nn2c1. The van der Waals surface area contributed by atoms with E-state index in [4.69, 9.17) is 10.5 Å². The summed E-state index contributed by atoms with van der Waals surface area (Å²) in [5, 5.41) is 4.20. The third kappa shape index (κ3) is 2.33. The van der Waals surface area contributed by atoms with Crippen LogP contribution in [0.3, 0.4) is 0 Å². The molecule has 0 atom stereocenters. The molecule has 6 heteroatoms. The molecule has 0 fully saturated rings. The van der Waals surface area contributed by atoms with Crippen LogP contribution in [0.4, 0.5) is 10.1 Å². The van der Waals surface area contributed by atoms with Crippen molar-refractivity contribution < 1.29 is 9.13 Å². The number of hydrogen-bond acceptors (Lipinski definition) is 4. The molecule has 0 saturated carbocycles. The normalized spacial score (nSPS) is 10.8. The minimum atomic E-state index is -0.407. The highest BCUT2D eigenvalue weighted by molar-refractivity contribution is 5.46. The van der Waals surface area contributed by atoms with Crippen LogP contribution in [0, 0.1) is 5.82 Å². The standard InChI is InChI=1S/C13H11FN4O/c14-10-3-1-2-4-11(10)19-8-12-16-13-6-5-9(15)7-18(13)17-12/h1-7H,8,15H2.